The number of rotatable bonds is 2. The van der Waals surface area contributed by atoms with Crippen LogP contribution < -0.4 is 0 Å². The molecule has 0 radical (unpaired) electrons. The lowest BCUT2D eigenvalue weighted by molar-refractivity contribution is -0.143. The minimum absolute atomic E-state index is 0.119. The molecule has 14 heavy (non-hydrogen) atoms. The smallest absolute Gasteiger partial charge is 0.315 e. The molecular formula is C9H16F2N2O. The first kappa shape index (κ1) is 11.4. The van der Waals surface area contributed by atoms with E-state index in [1.165, 1.54) is 4.90 Å². The van der Waals surface area contributed by atoms with Gasteiger partial charge in [0.1, 0.15) is 0 Å². The van der Waals surface area contributed by atoms with Crippen LogP contribution in [0.2, 0.25) is 0 Å². The summed E-state index contributed by atoms with van der Waals surface area (Å²) in [5, 5.41) is 0. The molecule has 5 heteroatoms. The maximum absolute atomic E-state index is 12.2. The Hall–Kier alpha value is -0.710. The number of likely N-dealkylation sites (N-methyl/N-ethyl adjacent to an activating group) is 1. The number of nitrogens with zero attached hydrogens (tertiary/aromatic N) is 2. The Morgan fingerprint density at radius 2 is 2.07 bits per heavy atom. The fourth-order valence-corrected chi connectivity index (χ4v) is 2.05. The quantitative estimate of drug-likeness (QED) is 0.667. The molecule has 1 amide bonds. The Bertz CT molecular complexity index is 221. The molecule has 0 saturated carbocycles. The molecular weight excluding hydrogens is 190 g/mol. The van der Waals surface area contributed by atoms with E-state index >= 15 is 0 Å². The highest BCUT2D eigenvalue weighted by Crippen LogP contribution is 2.22. The summed E-state index contributed by atoms with van der Waals surface area (Å²) < 4.78 is 24.4. The van der Waals surface area contributed by atoms with Gasteiger partial charge >= 0.3 is 6.43 Å². The zero-order valence-electron chi connectivity index (χ0n) is 8.70. The Morgan fingerprint density at radius 3 is 2.43 bits per heavy atom. The van der Waals surface area contributed by atoms with Crippen molar-refractivity contribution in [2.24, 2.45) is 0 Å². The van der Waals surface area contributed by atoms with Crippen molar-refractivity contribution in [3.05, 3.63) is 0 Å². The summed E-state index contributed by atoms with van der Waals surface area (Å²) in [5.74, 6) is -1.04. The van der Waals surface area contributed by atoms with E-state index in [0.29, 0.717) is 6.54 Å². The second kappa shape index (κ2) is 4.21. The number of hydrogen-bond acceptors (Lipinski definition) is 2. The Labute approximate surface area is 82.7 Å². The van der Waals surface area contributed by atoms with Crippen molar-refractivity contribution in [2.45, 2.75) is 31.9 Å². The van der Waals surface area contributed by atoms with Crippen molar-refractivity contribution in [2.75, 3.05) is 20.6 Å². The monoisotopic (exact) mass is 206 g/mol. The van der Waals surface area contributed by atoms with Gasteiger partial charge in [-0.05, 0) is 27.4 Å². The number of amides is 1. The second-order valence-corrected chi connectivity index (χ2v) is 3.89. The largest absolute Gasteiger partial charge is 0.333 e. The van der Waals surface area contributed by atoms with Gasteiger partial charge in [0.15, 0.2) is 0 Å². The molecule has 1 fully saturated rings. The number of carbonyl (C=O) groups excluding carboxylic acids is 1. The third-order valence-electron chi connectivity index (χ3n) is 2.85. The van der Waals surface area contributed by atoms with E-state index in [0.717, 1.165) is 6.42 Å². The third kappa shape index (κ3) is 2.03. The standard InChI is InChI=1S/C9H16F2N2O/c1-6-7(12(2)3)4-5-13(6)9(14)8(10)11/h6-8H,4-5H2,1-3H3. The molecule has 0 aromatic rings. The molecule has 0 spiro atoms. The first-order valence-corrected chi connectivity index (χ1v) is 4.70. The second-order valence-electron chi connectivity index (χ2n) is 3.89. The third-order valence-corrected chi connectivity index (χ3v) is 2.85. The zero-order valence-corrected chi connectivity index (χ0v) is 8.70. The SMILES string of the molecule is CC1C(N(C)C)CCN1C(=O)C(F)F. The van der Waals surface area contributed by atoms with Crippen LogP contribution in [0.4, 0.5) is 8.78 Å². The van der Waals surface area contributed by atoms with Gasteiger partial charge in [-0.1, -0.05) is 0 Å². The highest BCUT2D eigenvalue weighted by molar-refractivity contribution is 5.80. The van der Waals surface area contributed by atoms with Crippen molar-refractivity contribution in [1.29, 1.82) is 0 Å². The van der Waals surface area contributed by atoms with Gasteiger partial charge in [0, 0.05) is 18.6 Å². The van der Waals surface area contributed by atoms with Gasteiger partial charge in [-0.2, -0.15) is 8.78 Å². The fourth-order valence-electron chi connectivity index (χ4n) is 2.05. The molecule has 3 nitrogen and oxygen atoms in total. The molecule has 0 aromatic heterocycles. The highest BCUT2D eigenvalue weighted by Gasteiger charge is 2.37. The zero-order chi connectivity index (χ0) is 10.9. The van der Waals surface area contributed by atoms with Crippen LogP contribution in [0.5, 0.6) is 0 Å². The van der Waals surface area contributed by atoms with E-state index in [1.54, 1.807) is 0 Å². The summed E-state index contributed by atoms with van der Waals surface area (Å²) in [7, 11) is 3.80. The van der Waals surface area contributed by atoms with Crippen LogP contribution in [0.3, 0.4) is 0 Å². The van der Waals surface area contributed by atoms with Crippen LogP contribution in [-0.2, 0) is 4.79 Å². The molecule has 82 valence electrons. The molecule has 0 bridgehead atoms. The van der Waals surface area contributed by atoms with E-state index < -0.39 is 12.3 Å². The van der Waals surface area contributed by atoms with Gasteiger partial charge in [0.05, 0.1) is 0 Å². The maximum Gasteiger partial charge on any atom is 0.315 e. The highest BCUT2D eigenvalue weighted by atomic mass is 19.3. The summed E-state index contributed by atoms with van der Waals surface area (Å²) in [6.45, 7) is 2.26. The van der Waals surface area contributed by atoms with Crippen molar-refractivity contribution in [1.82, 2.24) is 9.80 Å². The van der Waals surface area contributed by atoms with E-state index in [4.69, 9.17) is 0 Å². The van der Waals surface area contributed by atoms with Crippen LogP contribution in [0.25, 0.3) is 0 Å². The first-order valence-electron chi connectivity index (χ1n) is 4.70. The average Bonchev–Trinajstić information content (AvgIpc) is 2.45. The lowest BCUT2D eigenvalue weighted by Crippen LogP contribution is -2.44. The Kier molecular flexibility index (Phi) is 3.42. The van der Waals surface area contributed by atoms with Crippen LogP contribution in [-0.4, -0.2) is 54.9 Å². The molecule has 1 heterocycles. The van der Waals surface area contributed by atoms with Crippen molar-refractivity contribution < 1.29 is 13.6 Å². The fraction of sp³-hybridized carbons (Fsp3) is 0.889. The van der Waals surface area contributed by atoms with Crippen LogP contribution in [0, 0.1) is 0 Å². The van der Waals surface area contributed by atoms with Crippen LogP contribution >= 0.6 is 0 Å². The van der Waals surface area contributed by atoms with Crippen molar-refractivity contribution in [3.8, 4) is 0 Å². The van der Waals surface area contributed by atoms with Gasteiger partial charge in [-0.3, -0.25) is 4.79 Å². The lowest BCUT2D eigenvalue weighted by Gasteiger charge is -2.28. The molecule has 0 aromatic carbocycles. The van der Waals surface area contributed by atoms with Gasteiger partial charge in [0.25, 0.3) is 5.91 Å². The first-order chi connectivity index (χ1) is 6.45. The minimum Gasteiger partial charge on any atom is -0.333 e. The van der Waals surface area contributed by atoms with E-state index in [9.17, 15) is 13.6 Å². The molecule has 0 N–H and O–H groups in total. The Balaban J connectivity index is 2.64. The van der Waals surface area contributed by atoms with E-state index in [2.05, 4.69) is 0 Å². The molecule has 0 aliphatic carbocycles. The lowest BCUT2D eigenvalue weighted by atomic mass is 10.1. The summed E-state index contributed by atoms with van der Waals surface area (Å²) in [5.41, 5.74) is 0. The number of hydrogen-bond donors (Lipinski definition) is 0. The molecule has 1 aliphatic rings. The average molecular weight is 206 g/mol. The molecule has 1 saturated heterocycles. The molecule has 2 atom stereocenters. The van der Waals surface area contributed by atoms with Gasteiger partial charge in [0.2, 0.25) is 0 Å². The molecule has 1 rings (SSSR count). The number of likely N-dealkylation sites (tertiary alicyclic amines) is 1. The van der Waals surface area contributed by atoms with Crippen molar-refractivity contribution in [3.63, 3.8) is 0 Å². The topological polar surface area (TPSA) is 23.6 Å². The summed E-state index contributed by atoms with van der Waals surface area (Å²) >= 11 is 0. The number of alkyl halides is 2. The minimum atomic E-state index is -2.88. The van der Waals surface area contributed by atoms with E-state index in [1.807, 2.05) is 25.9 Å². The van der Waals surface area contributed by atoms with Crippen LogP contribution in [0.1, 0.15) is 13.3 Å². The predicted molar refractivity (Wildman–Crippen MR) is 49.3 cm³/mol. The number of halogens is 2. The Morgan fingerprint density at radius 1 is 1.50 bits per heavy atom. The van der Waals surface area contributed by atoms with Gasteiger partial charge in [-0.25, -0.2) is 0 Å². The predicted octanol–water partition coefficient (Wildman–Crippen LogP) is 0.802. The normalized spacial score (nSPS) is 27.8. The van der Waals surface area contributed by atoms with E-state index in [-0.39, 0.29) is 12.1 Å². The summed E-state index contributed by atoms with van der Waals surface area (Å²) in [6.07, 6.45) is -2.11. The molecule has 2 unspecified atom stereocenters. The summed E-state index contributed by atoms with van der Waals surface area (Å²) in [6, 6.07) is 0.0733. The van der Waals surface area contributed by atoms with Gasteiger partial charge < -0.3 is 9.80 Å². The van der Waals surface area contributed by atoms with Crippen molar-refractivity contribution >= 4 is 5.91 Å². The molecule has 1 aliphatic heterocycles. The summed E-state index contributed by atoms with van der Waals surface area (Å²) in [4.78, 5) is 14.3. The number of carbonyl (C=O) groups is 1. The maximum atomic E-state index is 12.2. The van der Waals surface area contributed by atoms with Gasteiger partial charge in [-0.15, -0.1) is 0 Å². The van der Waals surface area contributed by atoms with Crippen LogP contribution in [0.15, 0.2) is 0 Å².